The minimum Gasteiger partial charge on any atom is -0.354 e. The number of carbonyl (C=O) groups excluding carboxylic acids is 1. The molecule has 1 atom stereocenters. The lowest BCUT2D eigenvalue weighted by atomic mass is 10.0. The zero-order valence-corrected chi connectivity index (χ0v) is 11.4. The van der Waals surface area contributed by atoms with Gasteiger partial charge in [0.15, 0.2) is 0 Å². The van der Waals surface area contributed by atoms with E-state index in [0.717, 1.165) is 11.1 Å². The Balaban J connectivity index is 2.49. The number of likely N-dealkylation sites (N-methyl/N-ethyl adjacent to an activating group) is 1. The summed E-state index contributed by atoms with van der Waals surface area (Å²) in [6, 6.07) is 8.13. The third kappa shape index (κ3) is 4.47. The molecule has 0 heterocycles. The summed E-state index contributed by atoms with van der Waals surface area (Å²) in [4.78, 5) is 13.9. The number of hydrogen-bond acceptors (Lipinski definition) is 3. The van der Waals surface area contributed by atoms with Crippen molar-refractivity contribution in [1.82, 2.24) is 10.2 Å². The van der Waals surface area contributed by atoms with Crippen LogP contribution < -0.4 is 11.1 Å². The fourth-order valence-electron chi connectivity index (χ4n) is 1.61. The van der Waals surface area contributed by atoms with Gasteiger partial charge in [-0.2, -0.15) is 0 Å². The molecule has 1 unspecified atom stereocenters. The van der Waals surface area contributed by atoms with Gasteiger partial charge in [-0.05, 0) is 32.1 Å². The minimum atomic E-state index is 0.0459. The van der Waals surface area contributed by atoms with Crippen molar-refractivity contribution in [2.24, 2.45) is 5.73 Å². The molecule has 0 spiro atoms. The maximum Gasteiger partial charge on any atom is 0.224 e. The Hall–Kier alpha value is -1.39. The first kappa shape index (κ1) is 14.7. The number of benzene rings is 1. The van der Waals surface area contributed by atoms with E-state index in [4.69, 9.17) is 5.73 Å². The molecule has 4 heteroatoms. The zero-order valence-electron chi connectivity index (χ0n) is 11.4. The number of nitrogens with zero attached hydrogens (tertiary/aromatic N) is 1. The van der Waals surface area contributed by atoms with Crippen LogP contribution in [-0.4, -0.2) is 37.5 Å². The highest BCUT2D eigenvalue weighted by Crippen LogP contribution is 2.08. The van der Waals surface area contributed by atoms with Gasteiger partial charge in [-0.1, -0.05) is 24.3 Å². The summed E-state index contributed by atoms with van der Waals surface area (Å²) >= 11 is 0. The van der Waals surface area contributed by atoms with E-state index in [2.05, 4.69) is 17.1 Å². The van der Waals surface area contributed by atoms with E-state index < -0.39 is 0 Å². The highest BCUT2D eigenvalue weighted by atomic mass is 16.1. The SMILES string of the molecule is CC(CNC(=O)Cc1ccccc1CN)N(C)C. The number of hydrogen-bond donors (Lipinski definition) is 2. The van der Waals surface area contributed by atoms with E-state index >= 15 is 0 Å². The van der Waals surface area contributed by atoms with Gasteiger partial charge >= 0.3 is 0 Å². The minimum absolute atomic E-state index is 0.0459. The van der Waals surface area contributed by atoms with Gasteiger partial charge in [0.2, 0.25) is 5.91 Å². The van der Waals surface area contributed by atoms with Crippen LogP contribution >= 0.6 is 0 Å². The first-order valence-electron chi connectivity index (χ1n) is 6.24. The van der Waals surface area contributed by atoms with E-state index in [9.17, 15) is 4.79 Å². The number of nitrogens with one attached hydrogen (secondary N) is 1. The quantitative estimate of drug-likeness (QED) is 0.782. The molecule has 4 nitrogen and oxygen atoms in total. The summed E-state index contributed by atoms with van der Waals surface area (Å²) < 4.78 is 0. The maximum atomic E-state index is 11.8. The molecule has 0 saturated heterocycles. The second-order valence-electron chi connectivity index (χ2n) is 4.77. The first-order chi connectivity index (χ1) is 8.54. The molecular weight excluding hydrogens is 226 g/mol. The number of amides is 1. The van der Waals surface area contributed by atoms with Gasteiger partial charge in [-0.15, -0.1) is 0 Å². The fourth-order valence-corrected chi connectivity index (χ4v) is 1.61. The van der Waals surface area contributed by atoms with E-state index in [1.54, 1.807) is 0 Å². The average Bonchev–Trinajstić information content (AvgIpc) is 2.36. The molecular formula is C14H23N3O. The van der Waals surface area contributed by atoms with Crippen molar-refractivity contribution in [2.45, 2.75) is 25.9 Å². The van der Waals surface area contributed by atoms with Gasteiger partial charge in [-0.3, -0.25) is 4.79 Å². The van der Waals surface area contributed by atoms with Crippen LogP contribution in [0.15, 0.2) is 24.3 Å². The third-order valence-electron chi connectivity index (χ3n) is 3.17. The summed E-state index contributed by atoms with van der Waals surface area (Å²) in [5, 5.41) is 2.94. The van der Waals surface area contributed by atoms with Crippen molar-refractivity contribution in [2.75, 3.05) is 20.6 Å². The second kappa shape index (κ2) is 7.13. The van der Waals surface area contributed by atoms with E-state index in [0.29, 0.717) is 25.6 Å². The van der Waals surface area contributed by atoms with Crippen molar-refractivity contribution in [3.8, 4) is 0 Å². The lowest BCUT2D eigenvalue weighted by Crippen LogP contribution is -2.38. The second-order valence-corrected chi connectivity index (χ2v) is 4.77. The van der Waals surface area contributed by atoms with Gasteiger partial charge in [0, 0.05) is 19.1 Å². The molecule has 18 heavy (non-hydrogen) atoms. The van der Waals surface area contributed by atoms with E-state index in [1.807, 2.05) is 38.4 Å². The number of nitrogens with two attached hydrogens (primary N) is 1. The summed E-state index contributed by atoms with van der Waals surface area (Å²) in [5.41, 5.74) is 7.69. The van der Waals surface area contributed by atoms with Gasteiger partial charge in [-0.25, -0.2) is 0 Å². The summed E-state index contributed by atoms with van der Waals surface area (Å²) in [5.74, 6) is 0.0459. The van der Waals surface area contributed by atoms with Crippen LogP contribution in [0.3, 0.4) is 0 Å². The molecule has 0 aliphatic carbocycles. The average molecular weight is 249 g/mol. The molecule has 1 aromatic carbocycles. The monoisotopic (exact) mass is 249 g/mol. The highest BCUT2D eigenvalue weighted by molar-refractivity contribution is 5.78. The van der Waals surface area contributed by atoms with E-state index in [-0.39, 0.29) is 5.91 Å². The Bertz CT molecular complexity index is 390. The summed E-state index contributed by atoms with van der Waals surface area (Å²) in [7, 11) is 4.00. The molecule has 0 fully saturated rings. The normalized spacial score (nSPS) is 12.5. The summed E-state index contributed by atoms with van der Waals surface area (Å²) in [6.45, 7) is 3.21. The Labute approximate surface area is 109 Å². The van der Waals surface area contributed by atoms with Crippen molar-refractivity contribution in [3.05, 3.63) is 35.4 Å². The van der Waals surface area contributed by atoms with Crippen LogP contribution in [0, 0.1) is 0 Å². The Morgan fingerprint density at radius 2 is 1.94 bits per heavy atom. The molecule has 3 N–H and O–H groups in total. The molecule has 100 valence electrons. The van der Waals surface area contributed by atoms with Crippen molar-refractivity contribution < 1.29 is 4.79 Å². The van der Waals surface area contributed by atoms with Crippen LogP contribution in [0.4, 0.5) is 0 Å². The van der Waals surface area contributed by atoms with Crippen LogP contribution in [0.1, 0.15) is 18.1 Å². The lowest BCUT2D eigenvalue weighted by Gasteiger charge is -2.20. The van der Waals surface area contributed by atoms with Gasteiger partial charge in [0.1, 0.15) is 0 Å². The number of carbonyl (C=O) groups is 1. The molecule has 1 aromatic rings. The molecule has 0 aliphatic heterocycles. The highest BCUT2D eigenvalue weighted by Gasteiger charge is 2.09. The van der Waals surface area contributed by atoms with Crippen LogP contribution in [0.5, 0.6) is 0 Å². The van der Waals surface area contributed by atoms with Gasteiger partial charge in [0.05, 0.1) is 6.42 Å². The molecule has 0 radical (unpaired) electrons. The van der Waals surface area contributed by atoms with Crippen molar-refractivity contribution in [3.63, 3.8) is 0 Å². The van der Waals surface area contributed by atoms with E-state index in [1.165, 1.54) is 0 Å². The van der Waals surface area contributed by atoms with Gasteiger partial charge in [0.25, 0.3) is 0 Å². The molecule has 1 rings (SSSR count). The lowest BCUT2D eigenvalue weighted by molar-refractivity contribution is -0.120. The van der Waals surface area contributed by atoms with Crippen LogP contribution in [0.25, 0.3) is 0 Å². The Morgan fingerprint density at radius 1 is 1.33 bits per heavy atom. The molecule has 0 aliphatic rings. The standard InChI is InChI=1S/C14H23N3O/c1-11(17(2)3)10-16-14(18)8-12-6-4-5-7-13(12)9-15/h4-7,11H,8-10,15H2,1-3H3,(H,16,18). The smallest absolute Gasteiger partial charge is 0.224 e. The van der Waals surface area contributed by atoms with Crippen molar-refractivity contribution in [1.29, 1.82) is 0 Å². The first-order valence-corrected chi connectivity index (χ1v) is 6.24. The summed E-state index contributed by atoms with van der Waals surface area (Å²) in [6.07, 6.45) is 0.396. The van der Waals surface area contributed by atoms with Crippen molar-refractivity contribution >= 4 is 5.91 Å². The Kier molecular flexibility index (Phi) is 5.82. The largest absolute Gasteiger partial charge is 0.354 e. The van der Waals surface area contributed by atoms with Crippen LogP contribution in [-0.2, 0) is 17.8 Å². The zero-order chi connectivity index (χ0) is 13.5. The predicted molar refractivity (Wildman–Crippen MR) is 74.2 cm³/mol. The topological polar surface area (TPSA) is 58.4 Å². The fraction of sp³-hybridized carbons (Fsp3) is 0.500. The third-order valence-corrected chi connectivity index (χ3v) is 3.17. The Morgan fingerprint density at radius 3 is 2.50 bits per heavy atom. The molecule has 0 aromatic heterocycles. The predicted octanol–water partition coefficient (Wildman–Crippen LogP) is 0.754. The molecule has 0 saturated carbocycles. The number of rotatable bonds is 6. The van der Waals surface area contributed by atoms with Crippen LogP contribution in [0.2, 0.25) is 0 Å². The maximum absolute atomic E-state index is 11.8. The molecule has 1 amide bonds. The van der Waals surface area contributed by atoms with Gasteiger partial charge < -0.3 is 16.0 Å². The molecule has 0 bridgehead atoms.